The molecule has 0 saturated carbocycles. The quantitative estimate of drug-likeness (QED) is 0.468. The fraction of sp³-hybridized carbons (Fsp3) is 0.684. The molecular weight excluding hydrogens is 242 g/mol. The van der Waals surface area contributed by atoms with Crippen LogP contribution in [0.4, 0.5) is 0 Å². The van der Waals surface area contributed by atoms with Crippen molar-refractivity contribution in [2.75, 3.05) is 19.6 Å². The fourth-order valence-corrected chi connectivity index (χ4v) is 2.58. The molecule has 0 radical (unpaired) electrons. The van der Waals surface area contributed by atoms with Crippen molar-refractivity contribution < 1.29 is 0 Å². The number of hydrogen-bond donors (Lipinski definition) is 0. The molecule has 0 unspecified atom stereocenters. The molecule has 0 fully saturated rings. The van der Waals surface area contributed by atoms with Gasteiger partial charge in [-0.25, -0.2) is 0 Å². The molecule has 0 saturated heterocycles. The maximum Gasteiger partial charge on any atom is -0.00187 e. The molecule has 1 heteroatoms. The number of hydrogen-bond acceptors (Lipinski definition) is 1. The summed E-state index contributed by atoms with van der Waals surface area (Å²) >= 11 is 0. The van der Waals surface area contributed by atoms with Gasteiger partial charge < -0.3 is 4.90 Å². The van der Waals surface area contributed by atoms with Crippen LogP contribution in [0.3, 0.4) is 0 Å². The smallest absolute Gasteiger partial charge is 0.00187 e. The van der Waals surface area contributed by atoms with Crippen LogP contribution >= 0.6 is 0 Å². The van der Waals surface area contributed by atoms with Crippen molar-refractivity contribution >= 4 is 0 Å². The van der Waals surface area contributed by atoms with Crippen molar-refractivity contribution in [3.63, 3.8) is 0 Å². The lowest BCUT2D eigenvalue weighted by molar-refractivity contribution is 0.259. The lowest BCUT2D eigenvalue weighted by Crippen LogP contribution is -2.27. The first-order chi connectivity index (χ1) is 9.86. The van der Waals surface area contributed by atoms with Crippen LogP contribution in [0.5, 0.6) is 0 Å². The Morgan fingerprint density at radius 1 is 0.700 bits per heavy atom. The molecule has 0 N–H and O–H groups in total. The Kier molecular flexibility index (Phi) is 10.3. The van der Waals surface area contributed by atoms with Crippen LogP contribution in [-0.2, 0) is 6.42 Å². The number of aryl methyl sites for hydroxylation is 1. The van der Waals surface area contributed by atoms with Gasteiger partial charge in [-0.15, -0.1) is 0 Å². The molecule has 0 spiro atoms. The van der Waals surface area contributed by atoms with Gasteiger partial charge in [-0.05, 0) is 57.3 Å². The van der Waals surface area contributed by atoms with Crippen LogP contribution < -0.4 is 0 Å². The molecule has 1 rings (SSSR count). The maximum absolute atomic E-state index is 2.68. The van der Waals surface area contributed by atoms with E-state index in [1.807, 2.05) is 0 Å². The highest BCUT2D eigenvalue weighted by Crippen LogP contribution is 2.08. The third-order valence-electron chi connectivity index (χ3n) is 3.94. The minimum atomic E-state index is 1.24. The summed E-state index contributed by atoms with van der Waals surface area (Å²) < 4.78 is 0. The predicted octanol–water partition coefficient (Wildman–Crippen LogP) is 5.30. The zero-order chi connectivity index (χ0) is 14.5. The Balaban J connectivity index is 2.09. The van der Waals surface area contributed by atoms with E-state index in [1.54, 1.807) is 0 Å². The van der Waals surface area contributed by atoms with Gasteiger partial charge in [-0.3, -0.25) is 0 Å². The Hall–Kier alpha value is -0.820. The van der Waals surface area contributed by atoms with Crippen LogP contribution in [0, 0.1) is 0 Å². The van der Waals surface area contributed by atoms with E-state index in [0.717, 1.165) is 0 Å². The van der Waals surface area contributed by atoms with Gasteiger partial charge in [0.2, 0.25) is 0 Å². The Labute approximate surface area is 126 Å². The third kappa shape index (κ3) is 8.37. The third-order valence-corrected chi connectivity index (χ3v) is 3.94. The largest absolute Gasteiger partial charge is 0.303 e. The van der Waals surface area contributed by atoms with E-state index >= 15 is 0 Å². The molecule has 0 aliphatic heterocycles. The van der Waals surface area contributed by atoms with Gasteiger partial charge in [0.15, 0.2) is 0 Å². The van der Waals surface area contributed by atoms with Crippen LogP contribution in [0.1, 0.15) is 64.4 Å². The van der Waals surface area contributed by atoms with E-state index in [2.05, 4.69) is 49.1 Å². The molecule has 114 valence electrons. The Bertz CT molecular complexity index is 299. The van der Waals surface area contributed by atoms with Crippen molar-refractivity contribution in [2.45, 2.75) is 65.2 Å². The Morgan fingerprint density at radius 3 is 1.90 bits per heavy atom. The highest BCUT2D eigenvalue weighted by atomic mass is 15.1. The van der Waals surface area contributed by atoms with E-state index in [1.165, 1.54) is 76.6 Å². The van der Waals surface area contributed by atoms with Gasteiger partial charge in [-0.2, -0.15) is 0 Å². The zero-order valence-corrected chi connectivity index (χ0v) is 13.6. The van der Waals surface area contributed by atoms with E-state index < -0.39 is 0 Å². The summed E-state index contributed by atoms with van der Waals surface area (Å²) in [5.74, 6) is 0. The lowest BCUT2D eigenvalue weighted by atomic mass is 10.1. The molecule has 0 aliphatic carbocycles. The first-order valence-corrected chi connectivity index (χ1v) is 8.63. The molecule has 0 aromatic heterocycles. The van der Waals surface area contributed by atoms with Gasteiger partial charge in [0.1, 0.15) is 0 Å². The number of nitrogens with zero attached hydrogens (tertiary/aromatic N) is 1. The molecule has 0 amide bonds. The Morgan fingerprint density at radius 2 is 1.30 bits per heavy atom. The molecule has 0 aliphatic rings. The normalized spacial score (nSPS) is 11.2. The topological polar surface area (TPSA) is 3.24 Å². The lowest BCUT2D eigenvalue weighted by Gasteiger charge is -2.21. The van der Waals surface area contributed by atoms with Crippen LogP contribution in [0.15, 0.2) is 30.3 Å². The highest BCUT2D eigenvalue weighted by molar-refractivity contribution is 5.14. The van der Waals surface area contributed by atoms with Crippen molar-refractivity contribution in [1.29, 1.82) is 0 Å². The monoisotopic (exact) mass is 275 g/mol. The van der Waals surface area contributed by atoms with Crippen LogP contribution in [-0.4, -0.2) is 24.5 Å². The molecule has 20 heavy (non-hydrogen) atoms. The number of unbranched alkanes of at least 4 members (excludes halogenated alkanes) is 4. The van der Waals surface area contributed by atoms with Crippen molar-refractivity contribution in [1.82, 2.24) is 4.90 Å². The van der Waals surface area contributed by atoms with Gasteiger partial charge in [0, 0.05) is 0 Å². The summed E-state index contributed by atoms with van der Waals surface area (Å²) in [6, 6.07) is 10.9. The van der Waals surface area contributed by atoms with Gasteiger partial charge in [0.25, 0.3) is 0 Å². The average molecular weight is 275 g/mol. The minimum absolute atomic E-state index is 1.24. The second-order valence-corrected chi connectivity index (χ2v) is 5.85. The average Bonchev–Trinajstić information content (AvgIpc) is 2.50. The molecule has 1 aromatic rings. The minimum Gasteiger partial charge on any atom is -0.303 e. The van der Waals surface area contributed by atoms with Crippen molar-refractivity contribution in [2.24, 2.45) is 0 Å². The number of benzene rings is 1. The van der Waals surface area contributed by atoms with E-state index in [0.29, 0.717) is 0 Å². The van der Waals surface area contributed by atoms with Crippen molar-refractivity contribution in [3.8, 4) is 0 Å². The maximum atomic E-state index is 2.68. The van der Waals surface area contributed by atoms with E-state index in [4.69, 9.17) is 0 Å². The predicted molar refractivity (Wildman–Crippen MR) is 90.3 cm³/mol. The van der Waals surface area contributed by atoms with Gasteiger partial charge >= 0.3 is 0 Å². The summed E-state index contributed by atoms with van der Waals surface area (Å²) in [5, 5.41) is 0. The first kappa shape index (κ1) is 17.2. The summed E-state index contributed by atoms with van der Waals surface area (Å²) in [5.41, 5.74) is 1.49. The summed E-state index contributed by atoms with van der Waals surface area (Å²) in [6.45, 7) is 8.48. The van der Waals surface area contributed by atoms with Crippen molar-refractivity contribution in [3.05, 3.63) is 35.9 Å². The SMILES string of the molecule is CCCCN(CCCC)CCCCCc1ccccc1. The van der Waals surface area contributed by atoms with E-state index in [9.17, 15) is 0 Å². The zero-order valence-electron chi connectivity index (χ0n) is 13.6. The van der Waals surface area contributed by atoms with Gasteiger partial charge in [-0.1, -0.05) is 63.4 Å². The van der Waals surface area contributed by atoms with Crippen LogP contribution in [0.25, 0.3) is 0 Å². The summed E-state index contributed by atoms with van der Waals surface area (Å²) in [6.07, 6.45) is 10.6. The molecule has 0 atom stereocenters. The first-order valence-electron chi connectivity index (χ1n) is 8.63. The molecule has 0 heterocycles. The standard InChI is InChI=1S/C19H33N/c1-3-5-16-20(17-6-4-2)18-12-8-11-15-19-13-9-7-10-14-19/h7,9-10,13-14H,3-6,8,11-12,15-18H2,1-2H3. The molecule has 1 nitrogen and oxygen atoms in total. The molecule has 1 aromatic carbocycles. The fourth-order valence-electron chi connectivity index (χ4n) is 2.58. The molecular formula is C19H33N. The van der Waals surface area contributed by atoms with Crippen LogP contribution in [0.2, 0.25) is 0 Å². The second-order valence-electron chi connectivity index (χ2n) is 5.85. The van der Waals surface area contributed by atoms with Gasteiger partial charge in [0.05, 0.1) is 0 Å². The second kappa shape index (κ2) is 12.0. The highest BCUT2D eigenvalue weighted by Gasteiger charge is 2.03. The summed E-state index contributed by atoms with van der Waals surface area (Å²) in [7, 11) is 0. The molecule has 0 bridgehead atoms. The summed E-state index contributed by atoms with van der Waals surface area (Å²) in [4.78, 5) is 2.68. The number of rotatable bonds is 12. The van der Waals surface area contributed by atoms with E-state index in [-0.39, 0.29) is 0 Å².